The van der Waals surface area contributed by atoms with Crippen molar-refractivity contribution in [2.24, 2.45) is 5.92 Å². The third-order valence-corrected chi connectivity index (χ3v) is 11.1. The van der Waals surface area contributed by atoms with Gasteiger partial charge in [-0.25, -0.2) is 28.2 Å². The number of carbonyl (C=O) groups is 1. The highest BCUT2D eigenvalue weighted by molar-refractivity contribution is 7.94. The van der Waals surface area contributed by atoms with Crippen molar-refractivity contribution < 1.29 is 23.1 Å². The molecule has 1 saturated carbocycles. The van der Waals surface area contributed by atoms with E-state index in [4.69, 9.17) is 19.8 Å². The van der Waals surface area contributed by atoms with Crippen LogP contribution in [0, 0.1) is 12.8 Å². The maximum Gasteiger partial charge on any atom is 0.319 e. The number of aliphatic hydroxyl groups excluding tert-OH is 1. The maximum absolute atomic E-state index is 13.5. The number of urea groups is 1. The van der Waals surface area contributed by atoms with E-state index in [9.17, 15) is 13.2 Å². The van der Waals surface area contributed by atoms with E-state index >= 15 is 0 Å². The van der Waals surface area contributed by atoms with Gasteiger partial charge in [0.15, 0.2) is 15.7 Å². The second kappa shape index (κ2) is 11.2. The topological polar surface area (TPSA) is 147 Å². The van der Waals surface area contributed by atoms with Crippen LogP contribution < -0.4 is 15.5 Å². The summed E-state index contributed by atoms with van der Waals surface area (Å²) in [5.74, 6) is 0.866. The molecule has 4 atom stereocenters. The molecule has 208 valence electrons. The Morgan fingerprint density at radius 1 is 1.23 bits per heavy atom. The second-order valence-corrected chi connectivity index (χ2v) is 13.0. The zero-order chi connectivity index (χ0) is 27.7. The minimum Gasteiger partial charge on any atom is -0.395 e. The third-order valence-electron chi connectivity index (χ3n) is 7.15. The largest absolute Gasteiger partial charge is 0.395 e. The number of hydrogen-bond acceptors (Lipinski definition) is 10. The van der Waals surface area contributed by atoms with Gasteiger partial charge in [0.25, 0.3) is 0 Å². The molecule has 2 aliphatic rings. The zero-order valence-corrected chi connectivity index (χ0v) is 23.6. The van der Waals surface area contributed by atoms with Crippen molar-refractivity contribution in [3.05, 3.63) is 47.2 Å². The Morgan fingerprint density at radius 3 is 2.67 bits per heavy atom. The predicted molar refractivity (Wildman–Crippen MR) is 149 cm³/mol. The Kier molecular flexibility index (Phi) is 7.85. The molecule has 13 heteroatoms. The lowest BCUT2D eigenvalue weighted by Gasteiger charge is -2.34. The number of benzene rings is 1. The molecule has 3 unspecified atom stereocenters. The fourth-order valence-corrected chi connectivity index (χ4v) is 8.70. The lowest BCUT2D eigenvalue weighted by atomic mass is 10.1. The van der Waals surface area contributed by atoms with E-state index in [0.717, 1.165) is 22.7 Å². The van der Waals surface area contributed by atoms with Crippen LogP contribution >= 0.6 is 11.3 Å². The molecule has 3 N–H and O–H groups in total. The molecule has 1 aliphatic heterocycles. The van der Waals surface area contributed by atoms with Gasteiger partial charge in [0, 0.05) is 36.3 Å². The molecule has 2 aromatic heterocycles. The molecule has 1 aliphatic carbocycles. The Balaban J connectivity index is 1.48. The van der Waals surface area contributed by atoms with Gasteiger partial charge in [-0.1, -0.05) is 6.92 Å². The number of nitrogens with one attached hydrogen (secondary N) is 2. The molecule has 3 aromatic rings. The van der Waals surface area contributed by atoms with Crippen molar-refractivity contribution in [1.82, 2.24) is 20.3 Å². The lowest BCUT2D eigenvalue weighted by molar-refractivity contribution is 0.0985. The van der Waals surface area contributed by atoms with Crippen LogP contribution in [0.4, 0.5) is 16.3 Å². The van der Waals surface area contributed by atoms with Crippen LogP contribution in [0.3, 0.4) is 0 Å². The van der Waals surface area contributed by atoms with Gasteiger partial charge in [0.05, 0.1) is 48.0 Å². The Morgan fingerprint density at radius 2 is 2.00 bits per heavy atom. The predicted octanol–water partition coefficient (Wildman–Crippen LogP) is 2.82. The summed E-state index contributed by atoms with van der Waals surface area (Å²) in [6.45, 7) is 7.59. The van der Waals surface area contributed by atoms with E-state index in [2.05, 4.69) is 27.4 Å². The molecule has 2 fully saturated rings. The van der Waals surface area contributed by atoms with Gasteiger partial charge >= 0.3 is 6.03 Å². The van der Waals surface area contributed by atoms with Crippen LogP contribution in [0.25, 0.3) is 11.4 Å². The Bertz CT molecular complexity index is 1450. The first-order chi connectivity index (χ1) is 18.7. The summed E-state index contributed by atoms with van der Waals surface area (Å²) in [6, 6.07) is 8.75. The van der Waals surface area contributed by atoms with Crippen molar-refractivity contribution >= 4 is 38.7 Å². The zero-order valence-electron chi connectivity index (χ0n) is 22.0. The van der Waals surface area contributed by atoms with Gasteiger partial charge in [0.1, 0.15) is 10.0 Å². The van der Waals surface area contributed by atoms with Crippen molar-refractivity contribution in [3.63, 3.8) is 0 Å². The lowest BCUT2D eigenvalue weighted by Crippen LogP contribution is -2.44. The number of carbonyl (C=O) groups excluding carboxylic acids is 1. The van der Waals surface area contributed by atoms with Crippen LogP contribution in [-0.2, 0) is 14.6 Å². The first-order valence-corrected chi connectivity index (χ1v) is 15.3. The number of rotatable bonds is 8. The highest BCUT2D eigenvalue weighted by Crippen LogP contribution is 2.54. The SMILES string of the molecule is Cc1ncsc1S(=O)(=O)C1C(C)C1c1cc(N2CCOC[C@@H]2C)nc(-c2ccc(NC(=O)NCCO)cc2)n1. The van der Waals surface area contributed by atoms with Gasteiger partial charge in [-0.15, -0.1) is 11.3 Å². The minimum absolute atomic E-state index is 0.0989. The average Bonchev–Trinajstić information content (AvgIpc) is 3.42. The van der Waals surface area contributed by atoms with Crippen LogP contribution in [0.2, 0.25) is 0 Å². The highest BCUT2D eigenvalue weighted by Gasteiger charge is 2.58. The van der Waals surface area contributed by atoms with E-state index in [1.807, 2.05) is 25.1 Å². The molecule has 1 saturated heterocycles. The summed E-state index contributed by atoms with van der Waals surface area (Å²) in [5, 5.41) is 13.6. The number of morpholine rings is 1. The van der Waals surface area contributed by atoms with Crippen molar-refractivity contribution in [3.8, 4) is 11.4 Å². The van der Waals surface area contributed by atoms with E-state index in [1.165, 1.54) is 0 Å². The minimum atomic E-state index is -3.55. The third kappa shape index (κ3) is 5.62. The first kappa shape index (κ1) is 27.4. The Hall–Kier alpha value is -3.13. The summed E-state index contributed by atoms with van der Waals surface area (Å²) in [4.78, 5) is 28.0. The van der Waals surface area contributed by atoms with Crippen LogP contribution in [-0.4, -0.2) is 78.7 Å². The summed E-state index contributed by atoms with van der Waals surface area (Å²) >= 11 is 1.16. The normalized spacial score (nSPS) is 22.9. The van der Waals surface area contributed by atoms with E-state index < -0.39 is 21.1 Å². The van der Waals surface area contributed by atoms with Crippen molar-refractivity contribution in [2.45, 2.75) is 42.2 Å². The average molecular weight is 573 g/mol. The van der Waals surface area contributed by atoms with Crippen LogP contribution in [0.15, 0.2) is 40.1 Å². The van der Waals surface area contributed by atoms with E-state index in [1.54, 1.807) is 24.6 Å². The number of ether oxygens (including phenoxy) is 1. The van der Waals surface area contributed by atoms with Crippen molar-refractivity contribution in [1.29, 1.82) is 0 Å². The molecule has 39 heavy (non-hydrogen) atoms. The number of amides is 2. The smallest absolute Gasteiger partial charge is 0.319 e. The quantitative estimate of drug-likeness (QED) is 0.371. The summed E-state index contributed by atoms with van der Waals surface area (Å²) in [7, 11) is -3.55. The van der Waals surface area contributed by atoms with E-state index in [-0.39, 0.29) is 31.0 Å². The molecular weight excluding hydrogens is 540 g/mol. The fourth-order valence-electron chi connectivity index (χ4n) is 5.04. The van der Waals surface area contributed by atoms with Crippen molar-refractivity contribution in [2.75, 3.05) is 43.1 Å². The molecule has 2 amide bonds. The molecule has 0 spiro atoms. The standard InChI is InChI=1S/C26H32N6O5S2/c1-15-13-37-11-9-32(15)21-12-20(22-16(2)23(22)39(35,36)25-17(3)28-14-38-25)30-24(31-21)18-4-6-19(7-5-18)29-26(34)27-8-10-33/h4-7,12,14-16,22-23,33H,8-11,13H2,1-3H3,(H2,27,29,34)/t15-,16?,22?,23?/m0/s1. The van der Waals surface area contributed by atoms with Gasteiger partial charge in [-0.05, 0) is 44.0 Å². The number of nitrogens with zero attached hydrogens (tertiary/aromatic N) is 4. The highest BCUT2D eigenvalue weighted by atomic mass is 32.2. The van der Waals surface area contributed by atoms with Gasteiger partial charge in [0.2, 0.25) is 0 Å². The second-order valence-electron chi connectivity index (χ2n) is 9.89. The van der Waals surface area contributed by atoms with Gasteiger partial charge < -0.3 is 25.4 Å². The maximum atomic E-state index is 13.5. The summed E-state index contributed by atoms with van der Waals surface area (Å²) in [6.07, 6.45) is 0. The number of thiazole rings is 1. The van der Waals surface area contributed by atoms with Crippen LogP contribution in [0.5, 0.6) is 0 Å². The molecule has 5 rings (SSSR count). The number of sulfone groups is 1. The molecule has 11 nitrogen and oxygen atoms in total. The fraction of sp³-hybridized carbons (Fsp3) is 0.462. The number of aliphatic hydroxyl groups is 1. The molecular formula is C26H32N6O5S2. The number of aryl methyl sites for hydroxylation is 1. The molecule has 1 aromatic carbocycles. The van der Waals surface area contributed by atoms with Gasteiger partial charge in [-0.2, -0.15) is 0 Å². The Labute approximate surface area is 231 Å². The summed E-state index contributed by atoms with van der Waals surface area (Å²) in [5.41, 5.74) is 4.12. The molecule has 0 bridgehead atoms. The van der Waals surface area contributed by atoms with Gasteiger partial charge in [-0.3, -0.25) is 0 Å². The van der Waals surface area contributed by atoms with E-state index in [0.29, 0.717) is 46.9 Å². The molecule has 3 heterocycles. The summed E-state index contributed by atoms with van der Waals surface area (Å²) < 4.78 is 32.9. The monoisotopic (exact) mass is 572 g/mol. The number of aromatic nitrogens is 3. The van der Waals surface area contributed by atoms with Crippen LogP contribution in [0.1, 0.15) is 31.2 Å². The number of hydrogen-bond donors (Lipinski definition) is 3. The molecule has 0 radical (unpaired) electrons. The first-order valence-electron chi connectivity index (χ1n) is 12.8. The number of anilines is 2.